The lowest BCUT2D eigenvalue weighted by molar-refractivity contribution is -0.176. The first-order chi connectivity index (χ1) is 41.3. The van der Waals surface area contributed by atoms with Crippen LogP contribution in [0.5, 0.6) is 0 Å². The van der Waals surface area contributed by atoms with E-state index in [0.717, 1.165) is 45.2 Å². The van der Waals surface area contributed by atoms with Crippen LogP contribution in [0.4, 0.5) is 0 Å². The quantitative estimate of drug-likeness (QED) is 0.0598. The zero-order valence-corrected chi connectivity index (χ0v) is 55.6. The van der Waals surface area contributed by atoms with Crippen molar-refractivity contribution in [1.82, 2.24) is 39.2 Å². The van der Waals surface area contributed by atoms with Crippen molar-refractivity contribution in [1.29, 1.82) is 0 Å². The van der Waals surface area contributed by atoms with Gasteiger partial charge in [-0.2, -0.15) is 10.2 Å². The molecule has 0 aliphatic carbocycles. The van der Waals surface area contributed by atoms with Crippen molar-refractivity contribution in [2.24, 2.45) is 35.5 Å². The molecule has 20 nitrogen and oxygen atoms in total. The van der Waals surface area contributed by atoms with E-state index in [4.69, 9.17) is 18.9 Å². The molecule has 0 N–H and O–H groups in total. The number of cyclic esters (lactones) is 4. The molecule has 2 aromatic heterocycles. The molecular formula is C68H100N8O12. The summed E-state index contributed by atoms with van der Waals surface area (Å²) in [6.07, 6.45) is -0.733. The third-order valence-corrected chi connectivity index (χ3v) is 15.9. The van der Waals surface area contributed by atoms with E-state index >= 15 is 9.59 Å². The standard InChI is InChI=1S/C68H100N8O12/c1-41(2)31-53-27-29-69-75(53)39-51-23-19-49(20-24-51)37-59-63(79)73(17)55(33-43(5)6)65(81)85-48(14)62(78)72(16)58(36-46(11)12)68(84)88-60(38-50-21-25-52(26-22-50)40-76-54(28-30-70-76)32-42(3)4)64(80)74(18)56(34-44(7)8)66(82)86-47(13)61(77)71(15)57(35-45(9)10)67(83)87-59/h19-30,41-48,55-60H,31-40H2,1-18H3/t47-,48-,55+,56+,57+,58+,59-,60-/m1/s1. The summed E-state index contributed by atoms with van der Waals surface area (Å²) in [7, 11) is 5.62. The van der Waals surface area contributed by atoms with Gasteiger partial charge in [-0.3, -0.25) is 28.5 Å². The molecule has 2 aromatic carbocycles. The van der Waals surface area contributed by atoms with Gasteiger partial charge in [-0.15, -0.1) is 0 Å². The number of hydrogen-bond acceptors (Lipinski definition) is 14. The zero-order chi connectivity index (χ0) is 65.4. The Morgan fingerprint density at radius 1 is 0.364 bits per heavy atom. The molecule has 3 heterocycles. The number of rotatable bonds is 20. The average Bonchev–Trinajstić information content (AvgIpc) is 4.14. The molecule has 1 fully saturated rings. The first-order valence-electron chi connectivity index (χ1n) is 31.4. The van der Waals surface area contributed by atoms with Crippen LogP contribution in [0.2, 0.25) is 0 Å². The minimum Gasteiger partial charge on any atom is -0.451 e. The Bertz CT molecular complexity index is 2750. The molecule has 1 aliphatic heterocycles. The van der Waals surface area contributed by atoms with E-state index in [1.165, 1.54) is 51.8 Å². The van der Waals surface area contributed by atoms with Crippen LogP contribution in [0.15, 0.2) is 73.1 Å². The number of likely N-dealkylation sites (N-methyl/N-ethyl adjacent to an activating group) is 4. The van der Waals surface area contributed by atoms with Crippen LogP contribution in [0, 0.1) is 35.5 Å². The smallest absolute Gasteiger partial charge is 0.329 e. The molecule has 88 heavy (non-hydrogen) atoms. The average molecular weight is 1220 g/mol. The second-order valence-corrected chi connectivity index (χ2v) is 26.6. The topological polar surface area (TPSA) is 222 Å². The van der Waals surface area contributed by atoms with Crippen LogP contribution in [-0.4, -0.2) is 163 Å². The number of carbonyl (C=O) groups excluding carboxylic acids is 8. The lowest BCUT2D eigenvalue weighted by Gasteiger charge is -2.35. The minimum absolute atomic E-state index is 0.0831. The number of hydrogen-bond donors (Lipinski definition) is 0. The van der Waals surface area contributed by atoms with Crippen LogP contribution in [0.25, 0.3) is 0 Å². The predicted molar refractivity (Wildman–Crippen MR) is 335 cm³/mol. The van der Waals surface area contributed by atoms with Gasteiger partial charge in [-0.25, -0.2) is 19.2 Å². The number of amides is 4. The van der Waals surface area contributed by atoms with Crippen LogP contribution in [0.3, 0.4) is 0 Å². The number of nitrogens with zero attached hydrogens (tertiary/aromatic N) is 8. The third-order valence-electron chi connectivity index (χ3n) is 15.9. The van der Waals surface area contributed by atoms with Crippen LogP contribution in [-0.2, 0) is 96.1 Å². The Hall–Kier alpha value is -7.38. The molecule has 0 bridgehead atoms. The highest BCUT2D eigenvalue weighted by atomic mass is 16.6. The maximum absolute atomic E-state index is 15.1. The molecule has 4 amide bonds. The van der Waals surface area contributed by atoms with Gasteiger partial charge in [-0.1, -0.05) is 132 Å². The maximum atomic E-state index is 15.1. The summed E-state index contributed by atoms with van der Waals surface area (Å²) < 4.78 is 28.3. The van der Waals surface area contributed by atoms with Crippen molar-refractivity contribution in [3.8, 4) is 0 Å². The van der Waals surface area contributed by atoms with E-state index in [1.54, 1.807) is 12.4 Å². The van der Waals surface area contributed by atoms with E-state index < -0.39 is 96.1 Å². The fourth-order valence-corrected chi connectivity index (χ4v) is 11.0. The van der Waals surface area contributed by atoms with Crippen LogP contribution < -0.4 is 0 Å². The summed E-state index contributed by atoms with van der Waals surface area (Å²) in [5, 5.41) is 9.07. The SMILES string of the molecule is CC(C)Cc1ccnn1Cc1ccc(C[C@H]2OC(=O)[C@H](CC(C)C)N(C)C(=O)[C@@H](C)OC(=O)[C@H](CC(C)C)N(C)C(=O)[C@@H](Cc3ccc(Cn4nccc4CC(C)C)cc3)OC(=O)[C@H](CC(C)C)N(C)C(=O)[C@@H](C)OC(=O)[C@H](CC(C)C)N(C)C2=O)cc1. The number of aromatic nitrogens is 4. The molecule has 0 unspecified atom stereocenters. The van der Waals surface area contributed by atoms with Gasteiger partial charge in [-0.05, 0) is 122 Å². The van der Waals surface area contributed by atoms with E-state index in [9.17, 15) is 28.8 Å². The molecule has 0 saturated carbocycles. The molecule has 5 rings (SSSR count). The zero-order valence-electron chi connectivity index (χ0n) is 55.6. The summed E-state index contributed by atoms with van der Waals surface area (Å²) >= 11 is 0. The summed E-state index contributed by atoms with van der Waals surface area (Å²) in [6, 6.07) is 13.8. The first kappa shape index (κ1) is 71.4. The van der Waals surface area contributed by atoms with E-state index in [2.05, 4.69) is 37.9 Å². The van der Waals surface area contributed by atoms with Crippen LogP contribution >= 0.6 is 0 Å². The molecule has 1 aliphatic rings. The van der Waals surface area contributed by atoms with Gasteiger partial charge in [0.1, 0.15) is 24.2 Å². The predicted octanol–water partition coefficient (Wildman–Crippen LogP) is 8.55. The lowest BCUT2D eigenvalue weighted by Crippen LogP contribution is -2.55. The highest BCUT2D eigenvalue weighted by Gasteiger charge is 2.43. The normalized spacial score (nSPS) is 22.4. The van der Waals surface area contributed by atoms with Crippen molar-refractivity contribution >= 4 is 47.5 Å². The fourth-order valence-electron chi connectivity index (χ4n) is 11.0. The second-order valence-electron chi connectivity index (χ2n) is 26.6. The largest absolute Gasteiger partial charge is 0.451 e. The summed E-state index contributed by atoms with van der Waals surface area (Å²) in [4.78, 5) is 123. The monoisotopic (exact) mass is 1220 g/mol. The summed E-state index contributed by atoms with van der Waals surface area (Å²) in [5.41, 5.74) is 5.31. The number of carbonyl (C=O) groups is 8. The van der Waals surface area contributed by atoms with E-state index in [1.807, 2.05) is 125 Å². The Morgan fingerprint density at radius 3 is 0.898 bits per heavy atom. The third kappa shape index (κ3) is 20.3. The minimum atomic E-state index is -1.54. The van der Waals surface area contributed by atoms with E-state index in [-0.39, 0.29) is 62.2 Å². The van der Waals surface area contributed by atoms with E-state index in [0.29, 0.717) is 36.1 Å². The fraction of sp³-hybridized carbons (Fsp3) is 0.618. The van der Waals surface area contributed by atoms with Gasteiger partial charge in [0.15, 0.2) is 24.4 Å². The van der Waals surface area contributed by atoms with Gasteiger partial charge < -0.3 is 38.5 Å². The van der Waals surface area contributed by atoms with Crippen molar-refractivity contribution in [2.75, 3.05) is 28.2 Å². The molecule has 1 saturated heterocycles. The number of ether oxygens (including phenoxy) is 4. The summed E-state index contributed by atoms with van der Waals surface area (Å²) in [6.45, 7) is 27.2. The van der Waals surface area contributed by atoms with Gasteiger partial charge in [0, 0.05) is 64.8 Å². The van der Waals surface area contributed by atoms with Crippen molar-refractivity contribution in [2.45, 2.75) is 210 Å². The first-order valence-corrected chi connectivity index (χ1v) is 31.4. The van der Waals surface area contributed by atoms with Gasteiger partial charge in [0.2, 0.25) is 0 Å². The molecule has 0 radical (unpaired) electrons. The second kappa shape index (κ2) is 32.7. The van der Waals surface area contributed by atoms with Gasteiger partial charge in [0.05, 0.1) is 13.1 Å². The van der Waals surface area contributed by atoms with Crippen molar-refractivity contribution in [3.63, 3.8) is 0 Å². The van der Waals surface area contributed by atoms with Crippen LogP contribution in [0.1, 0.15) is 156 Å². The maximum Gasteiger partial charge on any atom is 0.329 e. The highest BCUT2D eigenvalue weighted by molar-refractivity contribution is 5.94. The molecule has 4 aromatic rings. The Balaban J connectivity index is 1.58. The molecule has 0 spiro atoms. The Morgan fingerprint density at radius 2 is 0.625 bits per heavy atom. The highest BCUT2D eigenvalue weighted by Crippen LogP contribution is 2.25. The molecular weight excluding hydrogens is 1120 g/mol. The number of esters is 4. The Labute approximate surface area is 522 Å². The van der Waals surface area contributed by atoms with Crippen molar-refractivity contribution in [3.05, 3.63) is 107 Å². The van der Waals surface area contributed by atoms with Gasteiger partial charge in [0.25, 0.3) is 23.6 Å². The molecule has 20 heteroatoms. The van der Waals surface area contributed by atoms with Gasteiger partial charge >= 0.3 is 23.9 Å². The Kier molecular flexibility index (Phi) is 26.5. The number of benzene rings is 2. The molecule has 484 valence electrons. The summed E-state index contributed by atoms with van der Waals surface area (Å²) in [5.74, 6) is -6.56. The lowest BCUT2D eigenvalue weighted by atomic mass is 9.99. The van der Waals surface area contributed by atoms with Crippen molar-refractivity contribution < 1.29 is 57.3 Å². The molecule has 8 atom stereocenters.